The lowest BCUT2D eigenvalue weighted by molar-refractivity contribution is 0.389. The Kier molecular flexibility index (Phi) is 4.20. The van der Waals surface area contributed by atoms with Crippen LogP contribution < -0.4 is 5.32 Å². The van der Waals surface area contributed by atoms with Crippen LogP contribution in [0.25, 0.3) is 0 Å². The SMILES string of the molecule is CN1CCC(CNCCCl)C1. The summed E-state index contributed by atoms with van der Waals surface area (Å²) in [5.41, 5.74) is 0. The Labute approximate surface area is 73.9 Å². The van der Waals surface area contributed by atoms with Gasteiger partial charge in [-0.05, 0) is 32.5 Å². The van der Waals surface area contributed by atoms with E-state index >= 15 is 0 Å². The summed E-state index contributed by atoms with van der Waals surface area (Å²) in [6.45, 7) is 4.58. The van der Waals surface area contributed by atoms with Crippen molar-refractivity contribution in [2.45, 2.75) is 6.42 Å². The Morgan fingerprint density at radius 3 is 3.00 bits per heavy atom. The number of halogens is 1. The molecule has 1 aliphatic heterocycles. The topological polar surface area (TPSA) is 15.3 Å². The second-order valence-electron chi connectivity index (χ2n) is 3.31. The van der Waals surface area contributed by atoms with Crippen LogP contribution in [0.5, 0.6) is 0 Å². The summed E-state index contributed by atoms with van der Waals surface area (Å²) >= 11 is 5.54. The zero-order valence-corrected chi connectivity index (χ0v) is 7.90. The van der Waals surface area contributed by atoms with Crippen LogP contribution in [-0.4, -0.2) is 44.0 Å². The van der Waals surface area contributed by atoms with Crippen LogP contribution in [0.2, 0.25) is 0 Å². The van der Waals surface area contributed by atoms with E-state index in [9.17, 15) is 0 Å². The summed E-state index contributed by atoms with van der Waals surface area (Å²) in [7, 11) is 2.18. The quantitative estimate of drug-likeness (QED) is 0.503. The highest BCUT2D eigenvalue weighted by atomic mass is 35.5. The number of alkyl halides is 1. The number of hydrogen-bond acceptors (Lipinski definition) is 2. The van der Waals surface area contributed by atoms with Gasteiger partial charge in [-0.1, -0.05) is 0 Å². The van der Waals surface area contributed by atoms with Gasteiger partial charge in [0.05, 0.1) is 0 Å². The van der Waals surface area contributed by atoms with Crippen molar-refractivity contribution in [1.82, 2.24) is 10.2 Å². The molecule has 1 heterocycles. The normalized spacial score (nSPS) is 26.2. The molecule has 1 fully saturated rings. The fourth-order valence-corrected chi connectivity index (χ4v) is 1.70. The van der Waals surface area contributed by atoms with Crippen molar-refractivity contribution in [3.63, 3.8) is 0 Å². The van der Waals surface area contributed by atoms with Crippen molar-refractivity contribution >= 4 is 11.6 Å². The molecule has 1 aliphatic rings. The monoisotopic (exact) mass is 176 g/mol. The van der Waals surface area contributed by atoms with Gasteiger partial charge in [-0.15, -0.1) is 11.6 Å². The van der Waals surface area contributed by atoms with Crippen molar-refractivity contribution in [2.24, 2.45) is 5.92 Å². The van der Waals surface area contributed by atoms with Crippen molar-refractivity contribution in [3.8, 4) is 0 Å². The molecule has 11 heavy (non-hydrogen) atoms. The first kappa shape index (κ1) is 9.30. The fourth-order valence-electron chi connectivity index (χ4n) is 1.57. The Morgan fingerprint density at radius 2 is 2.45 bits per heavy atom. The molecule has 1 rings (SSSR count). The Balaban J connectivity index is 1.99. The lowest BCUT2D eigenvalue weighted by Crippen LogP contribution is -2.26. The lowest BCUT2D eigenvalue weighted by Gasteiger charge is -2.10. The van der Waals surface area contributed by atoms with Gasteiger partial charge in [0.1, 0.15) is 0 Å². The molecule has 0 aromatic heterocycles. The maximum atomic E-state index is 5.54. The van der Waals surface area contributed by atoms with Crippen molar-refractivity contribution < 1.29 is 0 Å². The van der Waals surface area contributed by atoms with Crippen LogP contribution in [0.1, 0.15) is 6.42 Å². The van der Waals surface area contributed by atoms with E-state index in [2.05, 4.69) is 17.3 Å². The van der Waals surface area contributed by atoms with E-state index in [4.69, 9.17) is 11.6 Å². The Morgan fingerprint density at radius 1 is 1.64 bits per heavy atom. The third-order valence-corrected chi connectivity index (χ3v) is 2.38. The standard InChI is InChI=1S/C8H17ClN2/c1-11-5-2-8(7-11)6-10-4-3-9/h8,10H,2-7H2,1H3. The number of nitrogens with zero attached hydrogens (tertiary/aromatic N) is 1. The minimum absolute atomic E-state index is 0.725. The van der Waals surface area contributed by atoms with E-state index in [-0.39, 0.29) is 0 Å². The van der Waals surface area contributed by atoms with Gasteiger partial charge in [-0.3, -0.25) is 0 Å². The molecule has 2 nitrogen and oxygen atoms in total. The Hall–Kier alpha value is 0.210. The molecule has 1 N–H and O–H groups in total. The third kappa shape index (κ3) is 3.41. The van der Waals surface area contributed by atoms with Crippen molar-refractivity contribution in [3.05, 3.63) is 0 Å². The third-order valence-electron chi connectivity index (χ3n) is 2.19. The highest BCUT2D eigenvalue weighted by Gasteiger charge is 2.18. The summed E-state index contributed by atoms with van der Waals surface area (Å²) in [6.07, 6.45) is 1.34. The van der Waals surface area contributed by atoms with E-state index in [0.29, 0.717) is 0 Å². The molecule has 0 amide bonds. The fraction of sp³-hybridized carbons (Fsp3) is 1.00. The van der Waals surface area contributed by atoms with E-state index in [0.717, 1.165) is 24.9 Å². The van der Waals surface area contributed by atoms with Gasteiger partial charge in [-0.25, -0.2) is 0 Å². The molecule has 0 aromatic rings. The second-order valence-corrected chi connectivity index (χ2v) is 3.69. The Bertz CT molecular complexity index is 108. The van der Waals surface area contributed by atoms with Gasteiger partial charge in [-0.2, -0.15) is 0 Å². The highest BCUT2D eigenvalue weighted by molar-refractivity contribution is 6.18. The molecule has 0 radical (unpaired) electrons. The average Bonchev–Trinajstić information content (AvgIpc) is 2.37. The van der Waals surface area contributed by atoms with Gasteiger partial charge >= 0.3 is 0 Å². The zero-order valence-electron chi connectivity index (χ0n) is 7.15. The molecule has 66 valence electrons. The van der Waals surface area contributed by atoms with Crippen LogP contribution in [0, 0.1) is 5.92 Å². The summed E-state index contributed by atoms with van der Waals surface area (Å²) in [4.78, 5) is 2.38. The molecular formula is C8H17ClN2. The van der Waals surface area contributed by atoms with Gasteiger partial charge in [0, 0.05) is 19.0 Å². The van der Waals surface area contributed by atoms with Gasteiger partial charge in [0.25, 0.3) is 0 Å². The lowest BCUT2D eigenvalue weighted by atomic mass is 10.1. The first-order valence-electron chi connectivity index (χ1n) is 4.28. The van der Waals surface area contributed by atoms with E-state index in [1.54, 1.807) is 0 Å². The molecule has 1 atom stereocenters. The predicted octanol–water partition coefficient (Wildman–Crippen LogP) is 0.766. The summed E-state index contributed by atoms with van der Waals surface area (Å²) in [5, 5.41) is 3.34. The summed E-state index contributed by atoms with van der Waals surface area (Å²) < 4.78 is 0. The molecular weight excluding hydrogens is 160 g/mol. The molecule has 0 aromatic carbocycles. The number of nitrogens with one attached hydrogen (secondary N) is 1. The smallest absolute Gasteiger partial charge is 0.0348 e. The number of hydrogen-bond donors (Lipinski definition) is 1. The predicted molar refractivity (Wildman–Crippen MR) is 49.2 cm³/mol. The number of rotatable bonds is 4. The molecule has 1 unspecified atom stereocenters. The van der Waals surface area contributed by atoms with Crippen molar-refractivity contribution in [2.75, 3.05) is 39.1 Å². The minimum Gasteiger partial charge on any atom is -0.315 e. The molecule has 0 aliphatic carbocycles. The molecule has 0 bridgehead atoms. The van der Waals surface area contributed by atoms with Crippen LogP contribution in [0.4, 0.5) is 0 Å². The maximum Gasteiger partial charge on any atom is 0.0348 e. The summed E-state index contributed by atoms with van der Waals surface area (Å²) in [6, 6.07) is 0. The van der Waals surface area contributed by atoms with Crippen LogP contribution in [0.3, 0.4) is 0 Å². The van der Waals surface area contributed by atoms with E-state index < -0.39 is 0 Å². The highest BCUT2D eigenvalue weighted by Crippen LogP contribution is 2.12. The van der Waals surface area contributed by atoms with Gasteiger partial charge < -0.3 is 10.2 Å². The molecule has 3 heteroatoms. The maximum absolute atomic E-state index is 5.54. The minimum atomic E-state index is 0.725. The number of likely N-dealkylation sites (tertiary alicyclic amines) is 1. The van der Waals surface area contributed by atoms with E-state index in [1.165, 1.54) is 19.5 Å². The zero-order chi connectivity index (χ0) is 8.10. The first-order valence-corrected chi connectivity index (χ1v) is 4.81. The first-order chi connectivity index (χ1) is 5.33. The van der Waals surface area contributed by atoms with Crippen molar-refractivity contribution in [1.29, 1.82) is 0 Å². The van der Waals surface area contributed by atoms with Gasteiger partial charge in [0.2, 0.25) is 0 Å². The molecule has 0 saturated carbocycles. The van der Waals surface area contributed by atoms with Crippen LogP contribution in [-0.2, 0) is 0 Å². The largest absolute Gasteiger partial charge is 0.315 e. The average molecular weight is 177 g/mol. The molecule has 0 spiro atoms. The second kappa shape index (κ2) is 4.96. The van der Waals surface area contributed by atoms with Gasteiger partial charge in [0.15, 0.2) is 0 Å². The summed E-state index contributed by atoms with van der Waals surface area (Å²) in [5.74, 6) is 1.57. The van der Waals surface area contributed by atoms with Crippen LogP contribution >= 0.6 is 11.6 Å². The molecule has 1 saturated heterocycles. The van der Waals surface area contributed by atoms with E-state index in [1.807, 2.05) is 0 Å². The van der Waals surface area contributed by atoms with Crippen LogP contribution in [0.15, 0.2) is 0 Å².